The Labute approximate surface area is 182 Å². The second-order valence-corrected chi connectivity index (χ2v) is 7.03. The summed E-state index contributed by atoms with van der Waals surface area (Å²) >= 11 is 6.17. The molecule has 0 saturated heterocycles. The van der Waals surface area contributed by atoms with Crippen LogP contribution in [-0.4, -0.2) is 33.5 Å². The van der Waals surface area contributed by atoms with Gasteiger partial charge in [-0.1, -0.05) is 29.8 Å². The number of H-pyrrole nitrogens is 1. The number of nitrogens with zero attached hydrogens (tertiary/aromatic N) is 3. The number of carbonyl (C=O) groups excluding carboxylic acids is 1. The number of benzene rings is 2. The van der Waals surface area contributed by atoms with Crippen LogP contribution in [0, 0.1) is 10.1 Å². The lowest BCUT2D eigenvalue weighted by molar-refractivity contribution is -0.384. The molecule has 0 atom stereocenters. The first-order chi connectivity index (χ1) is 14.8. The highest BCUT2D eigenvalue weighted by Crippen LogP contribution is 2.18. The van der Waals surface area contributed by atoms with Gasteiger partial charge in [0.25, 0.3) is 11.2 Å². The van der Waals surface area contributed by atoms with Gasteiger partial charge in [0.05, 0.1) is 41.9 Å². The highest BCUT2D eigenvalue weighted by Gasteiger charge is 2.20. The molecule has 31 heavy (non-hydrogen) atoms. The molecule has 2 aromatic carbocycles. The third kappa shape index (κ3) is 4.89. The van der Waals surface area contributed by atoms with E-state index in [4.69, 9.17) is 16.3 Å². The molecule has 3 aromatic rings. The van der Waals surface area contributed by atoms with E-state index in [9.17, 15) is 19.7 Å². The zero-order valence-corrected chi connectivity index (χ0v) is 17.5. The zero-order chi connectivity index (χ0) is 22.5. The summed E-state index contributed by atoms with van der Waals surface area (Å²) in [6, 6.07) is 12.7. The van der Waals surface area contributed by atoms with Crippen LogP contribution < -0.4 is 5.56 Å². The van der Waals surface area contributed by atoms with Gasteiger partial charge in [0, 0.05) is 22.9 Å². The van der Waals surface area contributed by atoms with Crippen molar-refractivity contribution in [2.75, 3.05) is 7.11 Å². The Balaban J connectivity index is 2.04. The Kier molecular flexibility index (Phi) is 6.66. The number of rotatable bonds is 7. The van der Waals surface area contributed by atoms with E-state index in [0.717, 1.165) is 5.56 Å². The maximum absolute atomic E-state index is 13.1. The van der Waals surface area contributed by atoms with Gasteiger partial charge >= 0.3 is 5.97 Å². The van der Waals surface area contributed by atoms with Crippen LogP contribution in [0.4, 0.5) is 5.69 Å². The molecule has 1 heterocycles. The third-order valence-electron chi connectivity index (χ3n) is 4.64. The molecule has 0 spiro atoms. The minimum Gasteiger partial charge on any atom is -0.469 e. The van der Waals surface area contributed by atoms with Gasteiger partial charge in [-0.2, -0.15) is 0 Å². The number of esters is 1. The highest BCUT2D eigenvalue weighted by atomic mass is 35.5. The molecule has 1 N–H and O–H groups in total. The Hall–Kier alpha value is -3.72. The van der Waals surface area contributed by atoms with E-state index in [1.54, 1.807) is 13.0 Å². The number of aromatic amines is 1. The molecule has 0 unspecified atom stereocenters. The first-order valence-electron chi connectivity index (χ1n) is 9.22. The molecule has 0 aliphatic rings. The quantitative estimate of drug-likeness (QED) is 0.260. The van der Waals surface area contributed by atoms with E-state index in [1.165, 1.54) is 36.1 Å². The maximum atomic E-state index is 13.1. The zero-order valence-electron chi connectivity index (χ0n) is 16.8. The summed E-state index contributed by atoms with van der Waals surface area (Å²) in [5.74, 6) is -0.530. The summed E-state index contributed by atoms with van der Waals surface area (Å²) in [6.07, 6.45) is -0.167. The van der Waals surface area contributed by atoms with Gasteiger partial charge in [0.15, 0.2) is 0 Å². The fourth-order valence-electron chi connectivity index (χ4n) is 3.01. The summed E-state index contributed by atoms with van der Waals surface area (Å²) in [7, 11) is 1.26. The largest absolute Gasteiger partial charge is 0.469 e. The number of aromatic nitrogens is 2. The van der Waals surface area contributed by atoms with Gasteiger partial charge in [0.1, 0.15) is 0 Å². The van der Waals surface area contributed by atoms with E-state index in [-0.39, 0.29) is 24.2 Å². The van der Waals surface area contributed by atoms with Crippen LogP contribution in [0.2, 0.25) is 5.02 Å². The Morgan fingerprint density at radius 3 is 2.52 bits per heavy atom. The Bertz CT molecular complexity index is 1210. The van der Waals surface area contributed by atoms with E-state index < -0.39 is 16.5 Å². The SMILES string of the molecule is COC(=O)Cc1[nH]n(-c2ccc([N+](=O)[O-])cc2)c(=O)c1C(C)=NCc1ccccc1Cl. The second kappa shape index (κ2) is 9.40. The molecule has 0 aliphatic carbocycles. The highest BCUT2D eigenvalue weighted by molar-refractivity contribution is 6.31. The monoisotopic (exact) mass is 442 g/mol. The lowest BCUT2D eigenvalue weighted by Crippen LogP contribution is -2.20. The molecule has 160 valence electrons. The number of hydrogen-bond donors (Lipinski definition) is 1. The van der Waals surface area contributed by atoms with Crippen LogP contribution in [0.15, 0.2) is 58.3 Å². The average Bonchev–Trinajstić information content (AvgIpc) is 3.08. The van der Waals surface area contributed by atoms with E-state index >= 15 is 0 Å². The molecule has 0 radical (unpaired) electrons. The van der Waals surface area contributed by atoms with Crippen LogP contribution >= 0.6 is 11.6 Å². The molecule has 0 amide bonds. The van der Waals surface area contributed by atoms with Crippen LogP contribution in [0.5, 0.6) is 0 Å². The van der Waals surface area contributed by atoms with Crippen molar-refractivity contribution in [1.82, 2.24) is 9.78 Å². The Morgan fingerprint density at radius 1 is 1.23 bits per heavy atom. The molecule has 0 fully saturated rings. The van der Waals surface area contributed by atoms with Gasteiger partial charge in [-0.25, -0.2) is 4.68 Å². The number of nitro benzene ring substituents is 1. The summed E-state index contributed by atoms with van der Waals surface area (Å²) in [5, 5.41) is 14.3. The normalized spacial score (nSPS) is 11.4. The fourth-order valence-corrected chi connectivity index (χ4v) is 3.21. The average molecular weight is 443 g/mol. The van der Waals surface area contributed by atoms with Crippen molar-refractivity contribution in [3.05, 3.63) is 90.8 Å². The van der Waals surface area contributed by atoms with Crippen molar-refractivity contribution in [3.8, 4) is 5.69 Å². The van der Waals surface area contributed by atoms with Crippen LogP contribution in [0.3, 0.4) is 0 Å². The number of methoxy groups -OCH3 is 1. The van der Waals surface area contributed by atoms with Crippen molar-refractivity contribution >= 4 is 29.0 Å². The van der Waals surface area contributed by atoms with Crippen molar-refractivity contribution in [1.29, 1.82) is 0 Å². The summed E-state index contributed by atoms with van der Waals surface area (Å²) in [6.45, 7) is 1.92. The minimum absolute atomic E-state index is 0.101. The summed E-state index contributed by atoms with van der Waals surface area (Å²) < 4.78 is 5.94. The molecular formula is C21H19ClN4O5. The number of nitrogens with one attached hydrogen (secondary N) is 1. The number of ether oxygens (including phenoxy) is 1. The van der Waals surface area contributed by atoms with Crippen LogP contribution in [0.25, 0.3) is 5.69 Å². The van der Waals surface area contributed by atoms with Gasteiger partial charge in [-0.3, -0.25) is 29.8 Å². The summed E-state index contributed by atoms with van der Waals surface area (Å²) in [4.78, 5) is 39.8. The third-order valence-corrected chi connectivity index (χ3v) is 5.01. The number of halogens is 1. The van der Waals surface area contributed by atoms with Gasteiger partial charge in [0.2, 0.25) is 0 Å². The topological polar surface area (TPSA) is 120 Å². The van der Waals surface area contributed by atoms with E-state index in [1.807, 2.05) is 18.2 Å². The molecule has 3 rings (SSSR count). The number of carbonyl (C=O) groups is 1. The molecule has 9 nitrogen and oxygen atoms in total. The first-order valence-corrected chi connectivity index (χ1v) is 9.60. The van der Waals surface area contributed by atoms with Crippen LogP contribution in [-0.2, 0) is 22.5 Å². The van der Waals surface area contributed by atoms with Crippen LogP contribution in [0.1, 0.15) is 23.7 Å². The fraction of sp³-hybridized carbons (Fsp3) is 0.190. The minimum atomic E-state index is -0.530. The predicted molar refractivity (Wildman–Crippen MR) is 116 cm³/mol. The second-order valence-electron chi connectivity index (χ2n) is 6.63. The van der Waals surface area contributed by atoms with Crippen molar-refractivity contribution in [3.63, 3.8) is 0 Å². The van der Waals surface area contributed by atoms with Crippen molar-refractivity contribution in [2.24, 2.45) is 4.99 Å². The number of hydrogen-bond acceptors (Lipinski definition) is 6. The van der Waals surface area contributed by atoms with Gasteiger partial charge in [-0.15, -0.1) is 0 Å². The van der Waals surface area contributed by atoms with Gasteiger partial charge < -0.3 is 4.74 Å². The molecule has 0 aliphatic heterocycles. The molecule has 0 bridgehead atoms. The molecular weight excluding hydrogens is 424 g/mol. The van der Waals surface area contributed by atoms with E-state index in [2.05, 4.69) is 10.1 Å². The standard InChI is InChI=1S/C21H19ClN4O5/c1-13(23-12-14-5-3-4-6-17(14)22)20-18(11-19(27)31-2)24-25(21(20)28)15-7-9-16(10-8-15)26(29)30/h3-10,24H,11-12H2,1-2H3. The molecule has 10 heteroatoms. The van der Waals surface area contributed by atoms with Gasteiger partial charge in [-0.05, 0) is 30.7 Å². The Morgan fingerprint density at radius 2 is 1.90 bits per heavy atom. The predicted octanol–water partition coefficient (Wildman–Crippen LogP) is 3.45. The number of non-ortho nitro benzene ring substituents is 1. The number of nitro groups is 1. The lowest BCUT2D eigenvalue weighted by Gasteiger charge is -2.03. The molecule has 1 aromatic heterocycles. The van der Waals surface area contributed by atoms with E-state index in [0.29, 0.717) is 22.1 Å². The van der Waals surface area contributed by atoms with Crippen molar-refractivity contribution < 1.29 is 14.5 Å². The summed E-state index contributed by atoms with van der Waals surface area (Å²) in [5.41, 5.74) is 1.62. The lowest BCUT2D eigenvalue weighted by atomic mass is 10.1. The van der Waals surface area contributed by atoms with Crippen molar-refractivity contribution in [2.45, 2.75) is 19.9 Å². The molecule has 0 saturated carbocycles. The first kappa shape index (κ1) is 22.0. The number of aliphatic imine (C=N–C) groups is 1. The maximum Gasteiger partial charge on any atom is 0.311 e. The smallest absolute Gasteiger partial charge is 0.311 e.